The van der Waals surface area contributed by atoms with Crippen molar-refractivity contribution in [3.05, 3.63) is 46.2 Å². The summed E-state index contributed by atoms with van der Waals surface area (Å²) in [5.74, 6) is -1.06. The van der Waals surface area contributed by atoms with Crippen molar-refractivity contribution < 1.29 is 27.5 Å². The average Bonchev–Trinajstić information content (AvgIpc) is 3.06. The summed E-state index contributed by atoms with van der Waals surface area (Å²) in [7, 11) is -2.74. The number of hydrogen-bond acceptors (Lipinski definition) is 7. The van der Waals surface area contributed by atoms with Gasteiger partial charge in [-0.05, 0) is 36.1 Å². The Labute approximate surface area is 149 Å². The van der Waals surface area contributed by atoms with Crippen LogP contribution in [0.2, 0.25) is 0 Å². The Morgan fingerprint density at radius 1 is 1.16 bits per heavy atom. The number of anilines is 1. The van der Waals surface area contributed by atoms with Gasteiger partial charge in [0, 0.05) is 5.69 Å². The number of carbonyl (C=O) groups excluding carboxylic acids is 2. The number of methoxy groups -OCH3 is 1. The van der Waals surface area contributed by atoms with Crippen LogP contribution in [-0.2, 0) is 30.7 Å². The number of sulfonamides is 1. The van der Waals surface area contributed by atoms with Crippen LogP contribution in [-0.4, -0.2) is 34.1 Å². The second-order valence-electron chi connectivity index (χ2n) is 4.89. The second-order valence-corrected chi connectivity index (χ2v) is 7.46. The molecular weight excluding hydrogens is 366 g/mol. The van der Waals surface area contributed by atoms with Gasteiger partial charge in [0.2, 0.25) is 0 Å². The highest BCUT2D eigenvalue weighted by atomic mass is 32.2. The molecule has 1 aromatic heterocycles. The van der Waals surface area contributed by atoms with Crippen LogP contribution in [0, 0.1) is 0 Å². The number of nitrogens with one attached hydrogen (secondary N) is 1. The van der Waals surface area contributed by atoms with Crippen molar-refractivity contribution in [3.63, 3.8) is 0 Å². The summed E-state index contributed by atoms with van der Waals surface area (Å²) in [4.78, 5) is 23.0. The molecule has 0 amide bonds. The molecule has 0 spiro atoms. The molecule has 1 heterocycles. The molecule has 0 saturated heterocycles. The number of ether oxygens (including phenoxy) is 2. The van der Waals surface area contributed by atoms with Crippen molar-refractivity contribution in [2.24, 2.45) is 0 Å². The first kappa shape index (κ1) is 18.9. The highest BCUT2D eigenvalue weighted by molar-refractivity contribution is 7.93. The normalized spacial score (nSPS) is 11.0. The van der Waals surface area contributed by atoms with Crippen molar-refractivity contribution in [2.75, 3.05) is 18.4 Å². The zero-order valence-corrected chi connectivity index (χ0v) is 15.3. The van der Waals surface area contributed by atoms with Crippen molar-refractivity contribution in [3.8, 4) is 0 Å². The van der Waals surface area contributed by atoms with Crippen LogP contribution < -0.4 is 4.72 Å². The zero-order chi connectivity index (χ0) is 18.4. The summed E-state index contributed by atoms with van der Waals surface area (Å²) in [6, 6.07) is 7.67. The quantitative estimate of drug-likeness (QED) is 0.738. The van der Waals surface area contributed by atoms with Gasteiger partial charge >= 0.3 is 11.9 Å². The lowest BCUT2D eigenvalue weighted by atomic mass is 10.1. The van der Waals surface area contributed by atoms with Crippen molar-refractivity contribution in [1.82, 2.24) is 0 Å². The van der Waals surface area contributed by atoms with Gasteiger partial charge in [-0.1, -0.05) is 12.1 Å². The molecule has 25 heavy (non-hydrogen) atoms. The third kappa shape index (κ3) is 4.80. The lowest BCUT2D eigenvalue weighted by molar-refractivity contribution is -0.142. The van der Waals surface area contributed by atoms with Gasteiger partial charge in [0.25, 0.3) is 10.0 Å². The number of thiophene rings is 1. The molecule has 0 atom stereocenters. The van der Waals surface area contributed by atoms with E-state index in [1.54, 1.807) is 19.1 Å². The summed E-state index contributed by atoms with van der Waals surface area (Å²) < 4.78 is 36.8. The molecule has 2 rings (SSSR count). The van der Waals surface area contributed by atoms with E-state index in [-0.39, 0.29) is 22.2 Å². The Morgan fingerprint density at radius 2 is 1.84 bits per heavy atom. The topological polar surface area (TPSA) is 98.8 Å². The van der Waals surface area contributed by atoms with Gasteiger partial charge in [-0.3, -0.25) is 9.52 Å². The van der Waals surface area contributed by atoms with Gasteiger partial charge in [0.15, 0.2) is 0 Å². The van der Waals surface area contributed by atoms with E-state index in [9.17, 15) is 18.0 Å². The van der Waals surface area contributed by atoms with E-state index in [0.29, 0.717) is 17.9 Å². The van der Waals surface area contributed by atoms with E-state index in [4.69, 9.17) is 4.74 Å². The van der Waals surface area contributed by atoms with Crippen LogP contribution in [0.1, 0.15) is 22.2 Å². The minimum absolute atomic E-state index is 0.00827. The maximum Gasteiger partial charge on any atom is 0.349 e. The minimum atomic E-state index is -3.93. The van der Waals surface area contributed by atoms with E-state index in [2.05, 4.69) is 9.46 Å². The molecule has 134 valence electrons. The first-order chi connectivity index (χ1) is 11.9. The second kappa shape index (κ2) is 8.13. The molecule has 2 aromatic rings. The highest BCUT2D eigenvalue weighted by Crippen LogP contribution is 2.25. The maximum atomic E-state index is 12.5. The number of esters is 2. The number of benzene rings is 1. The van der Waals surface area contributed by atoms with E-state index >= 15 is 0 Å². The molecule has 7 nitrogen and oxygen atoms in total. The zero-order valence-electron chi connectivity index (χ0n) is 13.6. The Balaban J connectivity index is 2.15. The van der Waals surface area contributed by atoms with Crippen LogP contribution in [0.25, 0.3) is 0 Å². The summed E-state index contributed by atoms with van der Waals surface area (Å²) in [6.45, 7) is 2.03. The summed E-state index contributed by atoms with van der Waals surface area (Å²) >= 11 is 0.988. The Bertz CT molecular complexity index is 855. The van der Waals surface area contributed by atoms with E-state index in [0.717, 1.165) is 11.3 Å². The van der Waals surface area contributed by atoms with Gasteiger partial charge in [0.05, 0.1) is 20.1 Å². The Morgan fingerprint density at radius 3 is 2.44 bits per heavy atom. The Kier molecular flexibility index (Phi) is 6.16. The molecule has 0 radical (unpaired) electrons. The smallest absolute Gasteiger partial charge is 0.349 e. The molecule has 0 fully saturated rings. The first-order valence-corrected chi connectivity index (χ1v) is 9.67. The third-order valence-electron chi connectivity index (χ3n) is 3.15. The van der Waals surface area contributed by atoms with Crippen LogP contribution in [0.3, 0.4) is 0 Å². The molecule has 0 aliphatic heterocycles. The molecule has 1 N–H and O–H groups in total. The summed E-state index contributed by atoms with van der Waals surface area (Å²) in [5.41, 5.74) is 1.02. The largest absolute Gasteiger partial charge is 0.466 e. The highest BCUT2D eigenvalue weighted by Gasteiger charge is 2.24. The van der Waals surface area contributed by atoms with Crippen molar-refractivity contribution in [2.45, 2.75) is 18.2 Å². The van der Waals surface area contributed by atoms with Gasteiger partial charge < -0.3 is 9.47 Å². The van der Waals surface area contributed by atoms with E-state index < -0.39 is 16.0 Å². The van der Waals surface area contributed by atoms with Crippen molar-refractivity contribution >= 4 is 39.0 Å². The molecule has 9 heteroatoms. The average molecular weight is 383 g/mol. The van der Waals surface area contributed by atoms with E-state index in [1.165, 1.54) is 30.7 Å². The standard InChI is InChI=1S/C16H17NO6S2/c1-3-23-14(18)10-11-4-6-12(7-5-11)17-25(20,21)13-8-9-24-15(13)16(19)22-2/h4-9,17H,3,10H2,1-2H3. The van der Waals surface area contributed by atoms with Crippen LogP contribution in [0.4, 0.5) is 5.69 Å². The predicted octanol–water partition coefficient (Wildman–Crippen LogP) is 2.44. The lowest BCUT2D eigenvalue weighted by Gasteiger charge is -2.09. The molecule has 0 unspecified atom stereocenters. The van der Waals surface area contributed by atoms with Gasteiger partial charge in [-0.15, -0.1) is 11.3 Å². The third-order valence-corrected chi connectivity index (χ3v) is 5.60. The lowest BCUT2D eigenvalue weighted by Crippen LogP contribution is -2.15. The Hall–Kier alpha value is -2.39. The number of carbonyl (C=O) groups is 2. The summed E-state index contributed by atoms with van der Waals surface area (Å²) in [6.07, 6.45) is 0.109. The minimum Gasteiger partial charge on any atom is -0.466 e. The molecular formula is C16H17NO6S2. The van der Waals surface area contributed by atoms with Crippen LogP contribution in [0.15, 0.2) is 40.6 Å². The van der Waals surface area contributed by atoms with Gasteiger partial charge in [-0.25, -0.2) is 13.2 Å². The molecule has 0 aliphatic rings. The van der Waals surface area contributed by atoms with Crippen LogP contribution >= 0.6 is 11.3 Å². The van der Waals surface area contributed by atoms with Crippen LogP contribution in [0.5, 0.6) is 0 Å². The van der Waals surface area contributed by atoms with Crippen molar-refractivity contribution in [1.29, 1.82) is 0 Å². The molecule has 0 bridgehead atoms. The fourth-order valence-electron chi connectivity index (χ4n) is 2.03. The predicted molar refractivity (Wildman–Crippen MR) is 93.2 cm³/mol. The fourth-order valence-corrected chi connectivity index (χ4v) is 4.42. The van der Waals surface area contributed by atoms with Gasteiger partial charge in [-0.2, -0.15) is 0 Å². The monoisotopic (exact) mass is 383 g/mol. The van der Waals surface area contributed by atoms with Gasteiger partial charge in [0.1, 0.15) is 9.77 Å². The first-order valence-electron chi connectivity index (χ1n) is 7.30. The molecule has 0 saturated carbocycles. The molecule has 0 aliphatic carbocycles. The van der Waals surface area contributed by atoms with E-state index in [1.807, 2.05) is 0 Å². The summed E-state index contributed by atoms with van der Waals surface area (Å²) in [5, 5.41) is 1.50. The number of hydrogen-bond donors (Lipinski definition) is 1. The number of rotatable bonds is 7. The SMILES string of the molecule is CCOC(=O)Cc1ccc(NS(=O)(=O)c2ccsc2C(=O)OC)cc1. The molecule has 1 aromatic carbocycles. The maximum absolute atomic E-state index is 12.5. The fraction of sp³-hybridized carbons (Fsp3) is 0.250.